The average molecular weight is 279 g/mol. The molecule has 0 atom stereocenters. The van der Waals surface area contributed by atoms with Crippen LogP contribution in [0.2, 0.25) is 0 Å². The summed E-state index contributed by atoms with van der Waals surface area (Å²) in [5, 5.41) is 9.82. The van der Waals surface area contributed by atoms with Crippen molar-refractivity contribution in [2.45, 2.75) is 33.7 Å². The van der Waals surface area contributed by atoms with E-state index in [4.69, 9.17) is 4.52 Å². The Morgan fingerprint density at radius 2 is 2.10 bits per heavy atom. The van der Waals surface area contributed by atoms with Gasteiger partial charge < -0.3 is 15.2 Å². The van der Waals surface area contributed by atoms with Crippen LogP contribution in [-0.4, -0.2) is 21.7 Å². The van der Waals surface area contributed by atoms with Gasteiger partial charge >= 0.3 is 0 Å². The molecular weight excluding hydrogens is 261 g/mol. The molecule has 0 aliphatic rings. The Morgan fingerprint density at radius 1 is 1.30 bits per heavy atom. The Morgan fingerprint density at radius 3 is 2.75 bits per heavy atom. The number of hydrogen-bond donors (Lipinski definition) is 2. The Labute approximate surface area is 116 Å². The van der Waals surface area contributed by atoms with E-state index in [0.717, 1.165) is 30.4 Å². The molecule has 0 saturated carbocycles. The summed E-state index contributed by atoms with van der Waals surface area (Å²) in [6, 6.07) is 0. The molecule has 0 amide bonds. The van der Waals surface area contributed by atoms with Crippen molar-refractivity contribution in [3.63, 3.8) is 0 Å². The third kappa shape index (κ3) is 3.23. The van der Waals surface area contributed by atoms with Crippen molar-refractivity contribution in [2.75, 3.05) is 17.2 Å². The van der Waals surface area contributed by atoms with E-state index in [1.807, 2.05) is 20.8 Å². The Bertz CT molecular complexity index is 565. The molecule has 108 valence electrons. The monoisotopic (exact) mass is 279 g/mol. The first-order valence-corrected chi connectivity index (χ1v) is 6.53. The van der Waals surface area contributed by atoms with Crippen LogP contribution < -0.4 is 10.6 Å². The second kappa shape index (κ2) is 6.31. The van der Waals surface area contributed by atoms with E-state index in [1.54, 1.807) is 0 Å². The fourth-order valence-corrected chi connectivity index (χ4v) is 1.74. The lowest BCUT2D eigenvalue weighted by molar-refractivity contribution is 0.392. The first-order valence-electron chi connectivity index (χ1n) is 6.53. The molecule has 6 nitrogen and oxygen atoms in total. The van der Waals surface area contributed by atoms with Gasteiger partial charge in [0.25, 0.3) is 0 Å². The van der Waals surface area contributed by atoms with Gasteiger partial charge in [0, 0.05) is 18.7 Å². The van der Waals surface area contributed by atoms with Gasteiger partial charge in [-0.15, -0.1) is 0 Å². The minimum atomic E-state index is -0.487. The quantitative estimate of drug-likeness (QED) is 0.846. The number of aromatic nitrogens is 3. The number of nitrogens with one attached hydrogen (secondary N) is 2. The highest BCUT2D eigenvalue weighted by atomic mass is 19.1. The molecule has 0 aromatic carbocycles. The Kier molecular flexibility index (Phi) is 4.49. The van der Waals surface area contributed by atoms with Crippen molar-refractivity contribution in [3.8, 4) is 0 Å². The van der Waals surface area contributed by atoms with Gasteiger partial charge in [-0.05, 0) is 20.3 Å². The van der Waals surface area contributed by atoms with E-state index in [0.29, 0.717) is 18.3 Å². The number of rotatable bonds is 6. The van der Waals surface area contributed by atoms with Crippen molar-refractivity contribution < 1.29 is 8.91 Å². The SMILES string of the molecule is CCCNc1ncc(F)c(NCc2c(C)noc2C)n1. The molecule has 0 bridgehead atoms. The molecule has 0 aliphatic carbocycles. The standard InChI is InChI=1S/C13H18FN5O/c1-4-5-15-13-17-7-11(14)12(18-13)16-6-10-8(2)19-20-9(10)3/h7H,4-6H2,1-3H3,(H2,15,16,17,18). The molecule has 2 aromatic rings. The molecule has 7 heteroatoms. The summed E-state index contributed by atoms with van der Waals surface area (Å²) in [6.07, 6.45) is 2.10. The molecule has 2 heterocycles. The first kappa shape index (κ1) is 14.2. The molecule has 0 radical (unpaired) electrons. The van der Waals surface area contributed by atoms with E-state index in [1.165, 1.54) is 0 Å². The van der Waals surface area contributed by atoms with E-state index < -0.39 is 5.82 Å². The van der Waals surface area contributed by atoms with Crippen LogP contribution in [0.25, 0.3) is 0 Å². The first-order chi connectivity index (χ1) is 9.61. The van der Waals surface area contributed by atoms with Crippen molar-refractivity contribution >= 4 is 11.8 Å². The largest absolute Gasteiger partial charge is 0.363 e. The van der Waals surface area contributed by atoms with Crippen LogP contribution in [0.3, 0.4) is 0 Å². The third-order valence-corrected chi connectivity index (χ3v) is 2.89. The second-order valence-electron chi connectivity index (χ2n) is 4.47. The van der Waals surface area contributed by atoms with Crippen LogP contribution in [0, 0.1) is 19.7 Å². The normalized spacial score (nSPS) is 10.6. The summed E-state index contributed by atoms with van der Waals surface area (Å²) in [6.45, 7) is 6.85. The van der Waals surface area contributed by atoms with Gasteiger partial charge in [-0.2, -0.15) is 4.98 Å². The maximum atomic E-state index is 13.7. The number of aryl methyl sites for hydroxylation is 2. The average Bonchev–Trinajstić information content (AvgIpc) is 2.76. The third-order valence-electron chi connectivity index (χ3n) is 2.89. The molecule has 20 heavy (non-hydrogen) atoms. The number of hydrogen-bond acceptors (Lipinski definition) is 6. The molecule has 2 N–H and O–H groups in total. The van der Waals surface area contributed by atoms with Gasteiger partial charge in [0.2, 0.25) is 5.95 Å². The molecule has 0 aliphatic heterocycles. The lowest BCUT2D eigenvalue weighted by Gasteiger charge is -2.08. The van der Waals surface area contributed by atoms with Crippen molar-refractivity contribution in [3.05, 3.63) is 29.0 Å². The predicted molar refractivity (Wildman–Crippen MR) is 74.1 cm³/mol. The van der Waals surface area contributed by atoms with E-state index >= 15 is 0 Å². The predicted octanol–water partition coefficient (Wildman–Crippen LogP) is 2.65. The highest BCUT2D eigenvalue weighted by molar-refractivity contribution is 5.42. The summed E-state index contributed by atoms with van der Waals surface area (Å²) in [7, 11) is 0. The summed E-state index contributed by atoms with van der Waals surface area (Å²) < 4.78 is 18.7. The number of nitrogens with zero attached hydrogens (tertiary/aromatic N) is 3. The smallest absolute Gasteiger partial charge is 0.224 e. The van der Waals surface area contributed by atoms with Crippen molar-refractivity contribution in [2.24, 2.45) is 0 Å². The zero-order chi connectivity index (χ0) is 14.5. The minimum Gasteiger partial charge on any atom is -0.363 e. The second-order valence-corrected chi connectivity index (χ2v) is 4.47. The lowest BCUT2D eigenvalue weighted by atomic mass is 10.2. The minimum absolute atomic E-state index is 0.165. The zero-order valence-corrected chi connectivity index (χ0v) is 11.8. The summed E-state index contributed by atoms with van der Waals surface area (Å²) >= 11 is 0. The highest BCUT2D eigenvalue weighted by Gasteiger charge is 2.11. The van der Waals surface area contributed by atoms with Gasteiger partial charge in [0.1, 0.15) is 5.76 Å². The maximum Gasteiger partial charge on any atom is 0.224 e. The molecule has 2 aromatic heterocycles. The highest BCUT2D eigenvalue weighted by Crippen LogP contribution is 2.16. The van der Waals surface area contributed by atoms with Crippen LogP contribution >= 0.6 is 0 Å². The Hall–Kier alpha value is -2.18. The van der Waals surface area contributed by atoms with Crippen LogP contribution in [0.1, 0.15) is 30.4 Å². The van der Waals surface area contributed by atoms with Crippen LogP contribution in [0.15, 0.2) is 10.7 Å². The molecular formula is C13H18FN5O. The fraction of sp³-hybridized carbons (Fsp3) is 0.462. The van der Waals surface area contributed by atoms with Gasteiger partial charge in [0.15, 0.2) is 11.6 Å². The maximum absolute atomic E-state index is 13.7. The van der Waals surface area contributed by atoms with Gasteiger partial charge in [-0.3, -0.25) is 0 Å². The lowest BCUT2D eigenvalue weighted by Crippen LogP contribution is -2.09. The van der Waals surface area contributed by atoms with E-state index in [-0.39, 0.29) is 5.82 Å². The Balaban J connectivity index is 2.08. The molecule has 0 saturated heterocycles. The number of anilines is 2. The van der Waals surface area contributed by atoms with Crippen LogP contribution in [-0.2, 0) is 6.54 Å². The van der Waals surface area contributed by atoms with Crippen molar-refractivity contribution in [1.29, 1.82) is 0 Å². The molecule has 2 rings (SSSR count). The molecule has 0 unspecified atom stereocenters. The summed E-state index contributed by atoms with van der Waals surface area (Å²) in [5.74, 6) is 0.806. The van der Waals surface area contributed by atoms with Crippen molar-refractivity contribution in [1.82, 2.24) is 15.1 Å². The fourth-order valence-electron chi connectivity index (χ4n) is 1.74. The zero-order valence-electron chi connectivity index (χ0n) is 11.8. The molecule has 0 fully saturated rings. The van der Waals surface area contributed by atoms with E-state index in [9.17, 15) is 4.39 Å². The van der Waals surface area contributed by atoms with Gasteiger partial charge in [-0.25, -0.2) is 9.37 Å². The van der Waals surface area contributed by atoms with Crippen LogP contribution in [0.5, 0.6) is 0 Å². The van der Waals surface area contributed by atoms with Gasteiger partial charge in [-0.1, -0.05) is 12.1 Å². The molecule has 0 spiro atoms. The van der Waals surface area contributed by atoms with E-state index in [2.05, 4.69) is 25.8 Å². The van der Waals surface area contributed by atoms with Gasteiger partial charge in [0.05, 0.1) is 11.9 Å². The summed E-state index contributed by atoms with van der Waals surface area (Å²) in [5.41, 5.74) is 1.69. The van der Waals surface area contributed by atoms with Crippen LogP contribution in [0.4, 0.5) is 16.2 Å². The number of halogens is 1. The topological polar surface area (TPSA) is 75.9 Å². The summed E-state index contributed by atoms with van der Waals surface area (Å²) in [4.78, 5) is 8.00.